The molecule has 23 heavy (non-hydrogen) atoms. The van der Waals surface area contributed by atoms with Crippen LogP contribution in [0.25, 0.3) is 0 Å². The van der Waals surface area contributed by atoms with E-state index < -0.39 is 10.0 Å². The Morgan fingerprint density at radius 3 is 2.83 bits per heavy atom. The molecule has 0 aliphatic carbocycles. The minimum atomic E-state index is -3.70. The molecule has 3 rings (SSSR count). The number of thiophene rings is 1. The number of hydrogen-bond donors (Lipinski definition) is 1. The molecule has 0 aromatic carbocycles. The summed E-state index contributed by atoms with van der Waals surface area (Å²) in [5.74, 6) is 0.279. The van der Waals surface area contributed by atoms with Crippen molar-refractivity contribution >= 4 is 21.4 Å². The van der Waals surface area contributed by atoms with Gasteiger partial charge in [0, 0.05) is 18.9 Å². The molecule has 7 nitrogen and oxygen atoms in total. The smallest absolute Gasteiger partial charge is 0.246 e. The second kappa shape index (κ2) is 6.26. The largest absolute Gasteiger partial charge is 0.360 e. The minimum Gasteiger partial charge on any atom is -0.360 e. The average molecular weight is 352 g/mol. The molecule has 1 N–H and O–H groups in total. The van der Waals surface area contributed by atoms with E-state index in [1.54, 1.807) is 36.1 Å². The molecule has 0 spiro atoms. The molecule has 0 aliphatic rings. The van der Waals surface area contributed by atoms with E-state index in [0.717, 1.165) is 5.56 Å². The quantitative estimate of drug-likeness (QED) is 0.734. The summed E-state index contributed by atoms with van der Waals surface area (Å²) < 4.78 is 34.4. The van der Waals surface area contributed by atoms with Gasteiger partial charge in [-0.1, -0.05) is 5.16 Å². The lowest BCUT2D eigenvalue weighted by Crippen LogP contribution is -2.32. The van der Waals surface area contributed by atoms with Gasteiger partial charge in [0.1, 0.15) is 10.6 Å². The summed E-state index contributed by atoms with van der Waals surface area (Å²) in [6, 6.07) is 3.55. The maximum atomic E-state index is 12.5. The normalized spacial score (nSPS) is 13.3. The third-order valence-electron chi connectivity index (χ3n) is 3.48. The Balaban J connectivity index is 1.85. The number of aromatic nitrogens is 3. The molecule has 0 saturated heterocycles. The van der Waals surface area contributed by atoms with Crippen molar-refractivity contribution in [1.82, 2.24) is 19.7 Å². The minimum absolute atomic E-state index is 0.0991. The lowest BCUT2D eigenvalue weighted by atomic mass is 10.1. The fraction of sp³-hybridized carbons (Fsp3) is 0.286. The Morgan fingerprint density at radius 2 is 2.26 bits per heavy atom. The van der Waals surface area contributed by atoms with Crippen LogP contribution in [-0.4, -0.2) is 29.9 Å². The van der Waals surface area contributed by atoms with Gasteiger partial charge in [-0.25, -0.2) is 13.1 Å². The van der Waals surface area contributed by atoms with Crippen molar-refractivity contribution in [3.8, 4) is 0 Å². The van der Waals surface area contributed by atoms with E-state index in [-0.39, 0.29) is 23.2 Å². The van der Waals surface area contributed by atoms with E-state index in [9.17, 15) is 8.42 Å². The van der Waals surface area contributed by atoms with Crippen LogP contribution in [0, 0.1) is 13.8 Å². The zero-order valence-corrected chi connectivity index (χ0v) is 14.3. The van der Waals surface area contributed by atoms with Crippen molar-refractivity contribution < 1.29 is 12.9 Å². The molecule has 0 unspecified atom stereocenters. The van der Waals surface area contributed by atoms with Crippen LogP contribution in [0.15, 0.2) is 44.7 Å². The van der Waals surface area contributed by atoms with Gasteiger partial charge in [-0.05, 0) is 42.3 Å². The Morgan fingerprint density at radius 1 is 1.43 bits per heavy atom. The third-order valence-corrected chi connectivity index (χ3v) is 5.84. The first kappa shape index (κ1) is 15.9. The van der Waals surface area contributed by atoms with Crippen molar-refractivity contribution in [3.05, 3.63) is 52.3 Å². The first-order chi connectivity index (χ1) is 11.0. The van der Waals surface area contributed by atoms with E-state index in [2.05, 4.69) is 15.0 Å². The zero-order valence-electron chi connectivity index (χ0n) is 12.6. The highest BCUT2D eigenvalue weighted by atomic mass is 32.2. The van der Waals surface area contributed by atoms with Crippen LogP contribution < -0.4 is 4.72 Å². The molecule has 9 heteroatoms. The van der Waals surface area contributed by atoms with Gasteiger partial charge in [0.2, 0.25) is 10.0 Å². The summed E-state index contributed by atoms with van der Waals surface area (Å²) >= 11 is 1.56. The summed E-state index contributed by atoms with van der Waals surface area (Å²) in [5.41, 5.74) is 1.35. The molecule has 3 aromatic heterocycles. The van der Waals surface area contributed by atoms with E-state index in [1.165, 1.54) is 0 Å². The highest BCUT2D eigenvalue weighted by Crippen LogP contribution is 2.22. The maximum absolute atomic E-state index is 12.5. The van der Waals surface area contributed by atoms with Gasteiger partial charge < -0.3 is 4.52 Å². The van der Waals surface area contributed by atoms with Crippen molar-refractivity contribution in [2.24, 2.45) is 0 Å². The van der Waals surface area contributed by atoms with Crippen LogP contribution in [0.1, 0.15) is 23.1 Å². The summed E-state index contributed by atoms with van der Waals surface area (Å²) in [6.45, 7) is 3.37. The lowest BCUT2D eigenvalue weighted by Gasteiger charge is -2.17. The molecule has 0 radical (unpaired) electrons. The number of rotatable bonds is 6. The molecular formula is C14H16N4O3S2. The molecule has 3 aromatic rings. The molecule has 0 fully saturated rings. The molecule has 1 atom stereocenters. The number of nitrogens with one attached hydrogen (secondary N) is 1. The fourth-order valence-electron chi connectivity index (χ4n) is 2.41. The molecule has 0 bridgehead atoms. The fourth-order valence-corrected chi connectivity index (χ4v) is 4.48. The number of nitrogens with zero attached hydrogens (tertiary/aromatic N) is 3. The standard InChI is InChI=1S/C14H16N4O3S2/c1-10-14(11(2)21-17-10)23(19,20)16-8-13(12-4-7-22-9-12)18-6-3-5-15-18/h3-7,9,13,16H,8H2,1-2H3/t13-/m1/s1. The predicted octanol–water partition coefficient (Wildman–Crippen LogP) is 2.12. The van der Waals surface area contributed by atoms with Crippen LogP contribution in [0.2, 0.25) is 0 Å². The summed E-state index contributed by atoms with van der Waals surface area (Å²) in [4.78, 5) is 0.0991. The predicted molar refractivity (Wildman–Crippen MR) is 85.9 cm³/mol. The molecule has 0 aliphatic heterocycles. The topological polar surface area (TPSA) is 90.0 Å². The van der Waals surface area contributed by atoms with E-state index in [4.69, 9.17) is 4.52 Å². The Kier molecular flexibility index (Phi) is 4.33. The number of aryl methyl sites for hydroxylation is 2. The van der Waals surface area contributed by atoms with Gasteiger partial charge in [0.05, 0.1) is 6.04 Å². The zero-order chi connectivity index (χ0) is 16.4. The van der Waals surface area contributed by atoms with Crippen LogP contribution in [0.3, 0.4) is 0 Å². The second-order valence-corrected chi connectivity index (χ2v) is 7.55. The van der Waals surface area contributed by atoms with E-state index >= 15 is 0 Å². The Bertz CT molecular complexity index is 814. The first-order valence-electron chi connectivity index (χ1n) is 6.93. The Hall–Kier alpha value is -1.97. The summed E-state index contributed by atoms with van der Waals surface area (Å²) in [6.07, 6.45) is 3.48. The van der Waals surface area contributed by atoms with Gasteiger partial charge in [0.25, 0.3) is 0 Å². The van der Waals surface area contributed by atoms with Crippen molar-refractivity contribution in [2.75, 3.05) is 6.54 Å². The van der Waals surface area contributed by atoms with Crippen LogP contribution in [0.5, 0.6) is 0 Å². The van der Waals surface area contributed by atoms with E-state index in [1.807, 2.05) is 29.1 Å². The van der Waals surface area contributed by atoms with Crippen LogP contribution in [0.4, 0.5) is 0 Å². The van der Waals surface area contributed by atoms with Gasteiger partial charge >= 0.3 is 0 Å². The molecule has 3 heterocycles. The summed E-state index contributed by atoms with van der Waals surface area (Å²) in [5, 5.41) is 11.9. The molecular weight excluding hydrogens is 336 g/mol. The second-order valence-electron chi connectivity index (χ2n) is 5.06. The highest BCUT2D eigenvalue weighted by molar-refractivity contribution is 7.89. The maximum Gasteiger partial charge on any atom is 0.246 e. The Labute approximate surface area is 138 Å². The van der Waals surface area contributed by atoms with Gasteiger partial charge in [-0.15, -0.1) is 0 Å². The SMILES string of the molecule is Cc1noc(C)c1S(=O)(=O)NC[C@H](c1ccsc1)n1cccn1. The van der Waals surface area contributed by atoms with E-state index in [0.29, 0.717) is 5.69 Å². The highest BCUT2D eigenvalue weighted by Gasteiger charge is 2.26. The molecule has 122 valence electrons. The van der Waals surface area contributed by atoms with Gasteiger partial charge in [0.15, 0.2) is 5.76 Å². The van der Waals surface area contributed by atoms with Crippen molar-refractivity contribution in [3.63, 3.8) is 0 Å². The molecule has 0 amide bonds. The first-order valence-corrected chi connectivity index (χ1v) is 9.35. The lowest BCUT2D eigenvalue weighted by molar-refractivity contribution is 0.390. The van der Waals surface area contributed by atoms with Crippen LogP contribution in [-0.2, 0) is 10.0 Å². The third kappa shape index (κ3) is 3.21. The number of sulfonamides is 1. The monoisotopic (exact) mass is 352 g/mol. The average Bonchev–Trinajstić information content (AvgIpc) is 3.22. The summed E-state index contributed by atoms with van der Waals surface area (Å²) in [7, 11) is -3.70. The van der Waals surface area contributed by atoms with Crippen LogP contribution >= 0.6 is 11.3 Å². The van der Waals surface area contributed by atoms with Crippen molar-refractivity contribution in [1.29, 1.82) is 0 Å². The molecule has 0 saturated carbocycles. The number of hydrogen-bond acceptors (Lipinski definition) is 6. The van der Waals surface area contributed by atoms with Crippen molar-refractivity contribution in [2.45, 2.75) is 24.8 Å². The van der Waals surface area contributed by atoms with Gasteiger partial charge in [-0.2, -0.15) is 16.4 Å². The van der Waals surface area contributed by atoms with Gasteiger partial charge in [-0.3, -0.25) is 4.68 Å².